The summed E-state index contributed by atoms with van der Waals surface area (Å²) >= 11 is 0. The molecule has 90 valence electrons. The Morgan fingerprint density at radius 1 is 1.22 bits per heavy atom. The van der Waals surface area contributed by atoms with Crippen LogP contribution < -0.4 is 11.5 Å². The maximum atomic E-state index is 11.8. The van der Waals surface area contributed by atoms with Gasteiger partial charge in [0, 0.05) is 6.20 Å². The summed E-state index contributed by atoms with van der Waals surface area (Å²) in [6.07, 6.45) is 1.69. The van der Waals surface area contributed by atoms with Gasteiger partial charge in [0.1, 0.15) is 5.52 Å². The highest BCUT2D eigenvalue weighted by Crippen LogP contribution is 2.20. The van der Waals surface area contributed by atoms with Crippen LogP contribution in [0.15, 0.2) is 51.8 Å². The van der Waals surface area contributed by atoms with E-state index < -0.39 is 5.76 Å². The van der Waals surface area contributed by atoms with E-state index in [-0.39, 0.29) is 0 Å². The molecule has 18 heavy (non-hydrogen) atoms. The van der Waals surface area contributed by atoms with Crippen LogP contribution in [0.1, 0.15) is 5.69 Å². The maximum Gasteiger partial charge on any atom is 0.420 e. The average Bonchev–Trinajstić information content (AvgIpc) is 2.69. The van der Waals surface area contributed by atoms with Crippen molar-refractivity contribution in [3.63, 3.8) is 0 Å². The number of oxazole rings is 1. The van der Waals surface area contributed by atoms with Crippen LogP contribution in [0.2, 0.25) is 0 Å². The Morgan fingerprint density at radius 3 is 2.89 bits per heavy atom. The number of anilines is 1. The Labute approximate surface area is 102 Å². The lowest BCUT2D eigenvalue weighted by Crippen LogP contribution is -2.16. The second-order valence-electron chi connectivity index (χ2n) is 3.97. The van der Waals surface area contributed by atoms with Gasteiger partial charge in [-0.05, 0) is 24.3 Å². The minimum Gasteiger partial charge on any atom is -0.408 e. The van der Waals surface area contributed by atoms with Gasteiger partial charge in [-0.25, -0.2) is 4.79 Å². The molecule has 0 fully saturated rings. The Bertz CT molecular complexity index is 744. The van der Waals surface area contributed by atoms with Crippen molar-refractivity contribution in [3.8, 4) is 0 Å². The number of pyridine rings is 1. The minimum absolute atomic E-state index is 0.348. The van der Waals surface area contributed by atoms with Crippen LogP contribution in [0.25, 0.3) is 11.1 Å². The van der Waals surface area contributed by atoms with Crippen molar-refractivity contribution in [2.45, 2.75) is 6.54 Å². The Kier molecular flexibility index (Phi) is 2.37. The summed E-state index contributed by atoms with van der Waals surface area (Å²) in [4.78, 5) is 16.0. The zero-order valence-corrected chi connectivity index (χ0v) is 9.54. The molecule has 0 aliphatic carbocycles. The third-order valence-corrected chi connectivity index (χ3v) is 2.76. The van der Waals surface area contributed by atoms with Gasteiger partial charge in [-0.3, -0.25) is 9.55 Å². The fourth-order valence-corrected chi connectivity index (χ4v) is 1.95. The van der Waals surface area contributed by atoms with Crippen LogP contribution in [0.5, 0.6) is 0 Å². The number of nitrogen functional groups attached to an aromatic ring is 1. The first kappa shape index (κ1) is 10.6. The van der Waals surface area contributed by atoms with Crippen molar-refractivity contribution in [2.75, 3.05) is 5.73 Å². The highest BCUT2D eigenvalue weighted by Gasteiger charge is 2.12. The molecule has 0 bridgehead atoms. The fraction of sp³-hybridized carbons (Fsp3) is 0.0769. The first-order valence-electron chi connectivity index (χ1n) is 5.53. The van der Waals surface area contributed by atoms with Gasteiger partial charge in [-0.2, -0.15) is 0 Å². The zero-order chi connectivity index (χ0) is 12.5. The van der Waals surface area contributed by atoms with E-state index >= 15 is 0 Å². The first-order valence-corrected chi connectivity index (χ1v) is 5.53. The summed E-state index contributed by atoms with van der Waals surface area (Å²) in [5.41, 5.74) is 8.30. The van der Waals surface area contributed by atoms with E-state index in [1.54, 1.807) is 24.4 Å². The van der Waals surface area contributed by atoms with Crippen molar-refractivity contribution >= 4 is 16.8 Å². The molecule has 0 unspecified atom stereocenters. The number of hydrogen-bond acceptors (Lipinski definition) is 4. The molecule has 0 spiro atoms. The summed E-state index contributed by atoms with van der Waals surface area (Å²) in [6.45, 7) is 0.348. The lowest BCUT2D eigenvalue weighted by Gasteiger charge is -2.03. The second-order valence-corrected chi connectivity index (χ2v) is 3.97. The molecular weight excluding hydrogens is 230 g/mol. The molecule has 3 rings (SSSR count). The molecule has 3 aromatic rings. The number of benzene rings is 1. The zero-order valence-electron chi connectivity index (χ0n) is 9.54. The fourth-order valence-electron chi connectivity index (χ4n) is 1.95. The van der Waals surface area contributed by atoms with E-state index in [9.17, 15) is 4.79 Å². The molecule has 1 aromatic carbocycles. The van der Waals surface area contributed by atoms with E-state index in [1.807, 2.05) is 18.2 Å². The van der Waals surface area contributed by atoms with Crippen LogP contribution in [0, 0.1) is 0 Å². The van der Waals surface area contributed by atoms with Crippen molar-refractivity contribution < 1.29 is 4.42 Å². The number of rotatable bonds is 2. The van der Waals surface area contributed by atoms with Gasteiger partial charge in [0.15, 0.2) is 5.58 Å². The normalized spacial score (nSPS) is 10.9. The van der Waals surface area contributed by atoms with Crippen molar-refractivity contribution in [1.82, 2.24) is 9.55 Å². The van der Waals surface area contributed by atoms with Crippen molar-refractivity contribution in [2.24, 2.45) is 0 Å². The molecule has 5 nitrogen and oxygen atoms in total. The minimum atomic E-state index is -0.423. The largest absolute Gasteiger partial charge is 0.420 e. The highest BCUT2D eigenvalue weighted by molar-refractivity contribution is 5.85. The number of hydrogen-bond donors (Lipinski definition) is 1. The summed E-state index contributed by atoms with van der Waals surface area (Å²) in [5.74, 6) is -0.423. The van der Waals surface area contributed by atoms with Crippen molar-refractivity contribution in [1.29, 1.82) is 0 Å². The van der Waals surface area contributed by atoms with Gasteiger partial charge in [0.05, 0.1) is 17.9 Å². The molecule has 0 saturated heterocycles. The second kappa shape index (κ2) is 4.03. The molecular formula is C13H11N3O2. The van der Waals surface area contributed by atoms with E-state index in [4.69, 9.17) is 10.2 Å². The Morgan fingerprint density at radius 2 is 2.11 bits per heavy atom. The Hall–Kier alpha value is -2.56. The smallest absolute Gasteiger partial charge is 0.408 e. The number of aromatic nitrogens is 2. The molecule has 0 aliphatic heterocycles. The highest BCUT2D eigenvalue weighted by atomic mass is 16.4. The molecule has 0 aliphatic rings. The van der Waals surface area contributed by atoms with Gasteiger partial charge in [-0.1, -0.05) is 12.1 Å². The van der Waals surface area contributed by atoms with Gasteiger partial charge >= 0.3 is 5.76 Å². The topological polar surface area (TPSA) is 74.0 Å². The van der Waals surface area contributed by atoms with Crippen LogP contribution in [0.4, 0.5) is 5.69 Å². The monoisotopic (exact) mass is 241 g/mol. The van der Waals surface area contributed by atoms with Gasteiger partial charge in [0.25, 0.3) is 0 Å². The third kappa shape index (κ3) is 1.66. The standard InChI is InChI=1S/C13H11N3O2/c14-10-5-3-6-11-12(10)16(13(17)18-11)8-9-4-1-2-7-15-9/h1-7H,8,14H2. The first-order chi connectivity index (χ1) is 8.75. The van der Waals surface area contributed by atoms with E-state index in [1.165, 1.54) is 4.57 Å². The molecule has 0 radical (unpaired) electrons. The predicted octanol–water partition coefficient (Wildman–Crippen LogP) is 1.62. The maximum absolute atomic E-state index is 11.8. The average molecular weight is 241 g/mol. The van der Waals surface area contributed by atoms with Gasteiger partial charge in [0.2, 0.25) is 0 Å². The van der Waals surface area contributed by atoms with Gasteiger partial charge < -0.3 is 10.2 Å². The van der Waals surface area contributed by atoms with Gasteiger partial charge in [-0.15, -0.1) is 0 Å². The summed E-state index contributed by atoms with van der Waals surface area (Å²) in [5, 5.41) is 0. The van der Waals surface area contributed by atoms with Crippen LogP contribution >= 0.6 is 0 Å². The van der Waals surface area contributed by atoms with Crippen molar-refractivity contribution in [3.05, 3.63) is 58.8 Å². The SMILES string of the molecule is Nc1cccc2oc(=O)n(Cc3ccccn3)c12. The Balaban J connectivity index is 2.17. The van der Waals surface area contributed by atoms with Crippen LogP contribution in [0.3, 0.4) is 0 Å². The number of para-hydroxylation sites is 1. The molecule has 5 heteroatoms. The molecule has 0 amide bonds. The predicted molar refractivity (Wildman–Crippen MR) is 68.2 cm³/mol. The summed E-state index contributed by atoms with van der Waals surface area (Å²) in [6, 6.07) is 10.8. The molecule has 0 atom stereocenters. The number of nitrogens with zero attached hydrogens (tertiary/aromatic N) is 2. The summed E-state index contributed by atoms with van der Waals surface area (Å²) < 4.78 is 6.64. The third-order valence-electron chi connectivity index (χ3n) is 2.76. The van der Waals surface area contributed by atoms with Crippen LogP contribution in [-0.2, 0) is 6.54 Å². The number of fused-ring (bicyclic) bond motifs is 1. The molecule has 0 saturated carbocycles. The lowest BCUT2D eigenvalue weighted by atomic mass is 10.2. The van der Waals surface area contributed by atoms with Crippen LogP contribution in [-0.4, -0.2) is 9.55 Å². The van der Waals surface area contributed by atoms with E-state index in [2.05, 4.69) is 4.98 Å². The molecule has 2 N–H and O–H groups in total. The lowest BCUT2D eigenvalue weighted by molar-refractivity contribution is 0.516. The molecule has 2 heterocycles. The summed E-state index contributed by atoms with van der Waals surface area (Å²) in [7, 11) is 0. The number of nitrogens with two attached hydrogens (primary N) is 1. The van der Waals surface area contributed by atoms with E-state index in [0.29, 0.717) is 23.3 Å². The molecule has 2 aromatic heterocycles. The van der Waals surface area contributed by atoms with E-state index in [0.717, 1.165) is 5.69 Å². The quantitative estimate of drug-likeness (QED) is 0.692.